The van der Waals surface area contributed by atoms with E-state index in [9.17, 15) is 19.8 Å². The summed E-state index contributed by atoms with van der Waals surface area (Å²) in [7, 11) is 0. The van der Waals surface area contributed by atoms with Crippen LogP contribution in [0, 0.1) is 0 Å². The van der Waals surface area contributed by atoms with Gasteiger partial charge in [-0.1, -0.05) is 13.8 Å². The summed E-state index contributed by atoms with van der Waals surface area (Å²) in [5, 5.41) is 23.3. The van der Waals surface area contributed by atoms with Crippen molar-refractivity contribution in [1.29, 1.82) is 0 Å². The van der Waals surface area contributed by atoms with E-state index < -0.39 is 11.9 Å². The molecule has 1 N–H and O–H groups in total. The van der Waals surface area contributed by atoms with Crippen LogP contribution >= 0.6 is 11.3 Å². The summed E-state index contributed by atoms with van der Waals surface area (Å²) in [6.07, 6.45) is 5.52. The number of carboxylic acid groups (broad SMARTS) is 2. The number of aliphatic carboxylic acids is 2. The summed E-state index contributed by atoms with van der Waals surface area (Å²) in [5.74, 6) is -2.66. The van der Waals surface area contributed by atoms with Crippen molar-refractivity contribution in [3.8, 4) is 0 Å². The first-order valence-electron chi connectivity index (χ1n) is 6.59. The highest BCUT2D eigenvalue weighted by molar-refractivity contribution is 7.08. The van der Waals surface area contributed by atoms with Crippen molar-refractivity contribution in [3.05, 3.63) is 52.3 Å². The Bertz CT molecular complexity index is 616. The van der Waals surface area contributed by atoms with Gasteiger partial charge in [0.15, 0.2) is 0 Å². The lowest BCUT2D eigenvalue weighted by molar-refractivity contribution is -0.301. The molecule has 0 saturated carbocycles. The van der Waals surface area contributed by atoms with Gasteiger partial charge in [0.2, 0.25) is 0 Å². The molecule has 0 radical (unpaired) electrons. The van der Waals surface area contributed by atoms with Crippen LogP contribution in [0.25, 0.3) is 0 Å². The van der Waals surface area contributed by atoms with Crippen LogP contribution in [0.15, 0.2) is 35.4 Å². The summed E-state index contributed by atoms with van der Waals surface area (Å²) in [6.45, 7) is 4.42. The van der Waals surface area contributed by atoms with E-state index in [1.807, 2.05) is 6.20 Å². The molecule has 7 heteroatoms. The summed E-state index contributed by atoms with van der Waals surface area (Å²) in [5.41, 5.74) is 4.08. The molecule has 0 amide bonds. The minimum atomic E-state index is -1.55. The molecule has 22 heavy (non-hydrogen) atoms. The van der Waals surface area contributed by atoms with Crippen LogP contribution in [0.2, 0.25) is 0 Å². The topological polar surface area (TPSA) is 109 Å². The maximum atomic E-state index is 9.41. The zero-order valence-corrected chi connectivity index (χ0v) is 13.1. The quantitative estimate of drug-likeness (QED) is 0.793. The number of nitrogens with one attached hydrogen (secondary N) is 1. The Balaban J connectivity index is 0.000000261. The maximum absolute atomic E-state index is 9.41. The van der Waals surface area contributed by atoms with Crippen LogP contribution in [0.3, 0.4) is 0 Å². The lowest BCUT2D eigenvalue weighted by Crippen LogP contribution is -2.23. The van der Waals surface area contributed by atoms with E-state index in [1.54, 1.807) is 17.7 Å². The van der Waals surface area contributed by atoms with Crippen LogP contribution in [0.4, 0.5) is 0 Å². The van der Waals surface area contributed by atoms with Gasteiger partial charge in [-0.2, -0.15) is 11.3 Å². The number of thiophene rings is 1. The fourth-order valence-electron chi connectivity index (χ4n) is 1.81. The Labute approximate surface area is 132 Å². The minimum absolute atomic E-state index is 0.384. The molecule has 0 aliphatic heterocycles. The Hall–Kier alpha value is -2.41. The molecule has 0 aliphatic rings. The second kappa shape index (κ2) is 8.78. The van der Waals surface area contributed by atoms with Crippen LogP contribution in [0.5, 0.6) is 0 Å². The van der Waals surface area contributed by atoms with Crippen molar-refractivity contribution < 1.29 is 19.8 Å². The molecule has 0 aliphatic carbocycles. The third kappa shape index (κ3) is 5.53. The number of nitrogens with zero attached hydrogens (tertiary/aromatic N) is 1. The number of hydrogen-bond donors (Lipinski definition) is 1. The molecular weight excluding hydrogens is 304 g/mol. The summed E-state index contributed by atoms with van der Waals surface area (Å²) in [6, 6.07) is 0. The van der Waals surface area contributed by atoms with Gasteiger partial charge in [-0.05, 0) is 40.5 Å². The number of carbonyl (C=O) groups is 2. The van der Waals surface area contributed by atoms with Crippen molar-refractivity contribution in [2.75, 3.05) is 0 Å². The van der Waals surface area contributed by atoms with Gasteiger partial charge in [0.1, 0.15) is 0 Å². The highest BCUT2D eigenvalue weighted by atomic mass is 32.1. The molecule has 0 fully saturated rings. The van der Waals surface area contributed by atoms with E-state index in [0.717, 1.165) is 6.42 Å². The number of rotatable bonds is 5. The molecule has 0 spiro atoms. The number of aromatic nitrogens is 2. The van der Waals surface area contributed by atoms with Gasteiger partial charge in [-0.25, -0.2) is 4.98 Å². The Morgan fingerprint density at radius 3 is 2.41 bits per heavy atom. The van der Waals surface area contributed by atoms with Gasteiger partial charge in [0.05, 0.1) is 18.3 Å². The van der Waals surface area contributed by atoms with E-state index in [2.05, 4.69) is 34.6 Å². The van der Waals surface area contributed by atoms with Gasteiger partial charge < -0.3 is 24.8 Å². The minimum Gasteiger partial charge on any atom is -0.545 e. The fourth-order valence-corrected chi connectivity index (χ4v) is 2.85. The smallest absolute Gasteiger partial charge is 0.0921 e. The summed E-state index contributed by atoms with van der Waals surface area (Å²) < 4.78 is 0. The molecule has 2 rings (SSSR count). The molecule has 1 atom stereocenters. The van der Waals surface area contributed by atoms with E-state index in [4.69, 9.17) is 0 Å². The molecule has 2 aromatic heterocycles. The normalized spacial score (nSPS) is 11.7. The standard InChI is InChI=1S/C11H14N2S.C4H4O4/c1-3-9-5-14-6-10(9)8(2)11-4-12-7-13-11;5-3(6)1-2-4(7)8/h4-8H,3H2,1-2H3,(H,12,13);1-2H,(H,5,6)(H,7,8)/p-2/b;2-1+. The summed E-state index contributed by atoms with van der Waals surface area (Å²) in [4.78, 5) is 26.1. The average molecular weight is 320 g/mol. The number of imidazole rings is 1. The Morgan fingerprint density at radius 1 is 1.32 bits per heavy atom. The lowest BCUT2D eigenvalue weighted by Gasteiger charge is -2.09. The van der Waals surface area contributed by atoms with Gasteiger partial charge in [-0.3, -0.25) is 0 Å². The van der Waals surface area contributed by atoms with Crippen molar-refractivity contribution in [3.63, 3.8) is 0 Å². The van der Waals surface area contributed by atoms with Crippen LogP contribution < -0.4 is 10.2 Å². The highest BCUT2D eigenvalue weighted by Crippen LogP contribution is 2.28. The number of carboxylic acids is 2. The van der Waals surface area contributed by atoms with Gasteiger partial charge in [0, 0.05) is 17.8 Å². The SMILES string of the molecule is CCc1cscc1C(C)c1cnc[nH]1.O=C([O-])/C=C/C(=O)[O-]. The maximum Gasteiger partial charge on any atom is 0.0921 e. The average Bonchev–Trinajstić information content (AvgIpc) is 3.15. The number of H-pyrrole nitrogens is 1. The predicted octanol–water partition coefficient (Wildman–Crippen LogP) is 0.228. The first-order valence-corrected chi connectivity index (χ1v) is 7.53. The zero-order chi connectivity index (χ0) is 16.5. The first-order chi connectivity index (χ1) is 10.5. The first kappa shape index (κ1) is 17.6. The second-order valence-corrected chi connectivity index (χ2v) is 5.15. The molecule has 6 nitrogen and oxygen atoms in total. The van der Waals surface area contributed by atoms with Gasteiger partial charge >= 0.3 is 0 Å². The predicted molar refractivity (Wildman–Crippen MR) is 79.0 cm³/mol. The third-order valence-corrected chi connectivity index (χ3v) is 3.78. The molecule has 2 aromatic rings. The highest BCUT2D eigenvalue weighted by Gasteiger charge is 2.13. The van der Waals surface area contributed by atoms with Crippen LogP contribution in [-0.2, 0) is 16.0 Å². The van der Waals surface area contributed by atoms with Crippen molar-refractivity contribution >= 4 is 23.3 Å². The van der Waals surface area contributed by atoms with E-state index >= 15 is 0 Å². The van der Waals surface area contributed by atoms with Crippen LogP contribution in [0.1, 0.15) is 36.6 Å². The zero-order valence-electron chi connectivity index (χ0n) is 12.2. The molecule has 0 aromatic carbocycles. The van der Waals surface area contributed by atoms with Crippen molar-refractivity contribution in [1.82, 2.24) is 9.97 Å². The Kier molecular flexibility index (Phi) is 7.04. The van der Waals surface area contributed by atoms with Gasteiger partial charge in [0.25, 0.3) is 0 Å². The Morgan fingerprint density at radius 2 is 1.95 bits per heavy atom. The second-order valence-electron chi connectivity index (χ2n) is 4.41. The third-order valence-electron chi connectivity index (χ3n) is 2.96. The van der Waals surface area contributed by atoms with Crippen molar-refractivity contribution in [2.45, 2.75) is 26.2 Å². The number of aryl methyl sites for hydroxylation is 1. The van der Waals surface area contributed by atoms with Gasteiger partial charge in [-0.15, -0.1) is 0 Å². The number of carbonyl (C=O) groups excluding carboxylic acids is 2. The molecule has 0 saturated heterocycles. The number of aromatic amines is 1. The fraction of sp³-hybridized carbons (Fsp3) is 0.267. The lowest BCUT2D eigenvalue weighted by atomic mass is 9.96. The van der Waals surface area contributed by atoms with E-state index in [1.165, 1.54) is 16.8 Å². The number of hydrogen-bond acceptors (Lipinski definition) is 6. The largest absolute Gasteiger partial charge is 0.545 e. The molecular formula is C15H16N2O4S-2. The molecule has 0 bridgehead atoms. The molecule has 1 unspecified atom stereocenters. The van der Waals surface area contributed by atoms with Crippen molar-refractivity contribution in [2.24, 2.45) is 0 Å². The van der Waals surface area contributed by atoms with E-state index in [0.29, 0.717) is 18.1 Å². The molecule has 2 heterocycles. The van der Waals surface area contributed by atoms with Crippen LogP contribution in [-0.4, -0.2) is 21.9 Å². The summed E-state index contributed by atoms with van der Waals surface area (Å²) >= 11 is 1.78. The molecule has 118 valence electrons. The monoisotopic (exact) mass is 320 g/mol. The van der Waals surface area contributed by atoms with E-state index in [-0.39, 0.29) is 0 Å².